The summed E-state index contributed by atoms with van der Waals surface area (Å²) < 4.78 is 49.6. The summed E-state index contributed by atoms with van der Waals surface area (Å²) in [5.74, 6) is 0.549. The van der Waals surface area contributed by atoms with Gasteiger partial charge in [0, 0.05) is 62.0 Å². The lowest BCUT2D eigenvalue weighted by molar-refractivity contribution is -0.385. The Morgan fingerprint density at radius 2 is 1.73 bits per heavy atom. The van der Waals surface area contributed by atoms with Gasteiger partial charge < -0.3 is 14.4 Å². The quantitative estimate of drug-likeness (QED) is 0.482. The van der Waals surface area contributed by atoms with Crippen molar-refractivity contribution in [3.05, 3.63) is 67.3 Å². The molecule has 0 N–H and O–H groups in total. The molecular weight excluding hydrogens is 449 g/mol. The monoisotopic (exact) mass is 468 g/mol. The number of anilines is 1. The van der Waals surface area contributed by atoms with Gasteiger partial charge in [-0.2, -0.15) is 13.2 Å². The molecule has 0 saturated carbocycles. The topological polar surface area (TPSA) is 111 Å². The van der Waals surface area contributed by atoms with E-state index in [1.54, 1.807) is 4.90 Å². The summed E-state index contributed by atoms with van der Waals surface area (Å²) >= 11 is 0. The normalized spacial score (nSPS) is 16.8. The number of fused-ring (bicyclic) bond motifs is 1. The van der Waals surface area contributed by atoms with E-state index in [-0.39, 0.29) is 24.8 Å². The van der Waals surface area contributed by atoms with Crippen LogP contribution in [0.3, 0.4) is 0 Å². The molecule has 1 saturated heterocycles. The molecule has 0 unspecified atom stereocenters. The molecule has 10 nitrogen and oxygen atoms in total. The zero-order valence-corrected chi connectivity index (χ0v) is 17.2. The molecule has 4 rings (SSSR count). The fourth-order valence-electron chi connectivity index (χ4n) is 4.00. The molecule has 0 atom stereocenters. The molecule has 1 fully saturated rings. The minimum absolute atomic E-state index is 0.0448. The Hall–Kier alpha value is -3.45. The number of nitrogens with zero attached hydrogens (tertiary/aromatic N) is 4. The lowest BCUT2D eigenvalue weighted by Crippen LogP contribution is -2.46. The lowest BCUT2D eigenvalue weighted by Gasteiger charge is -2.36. The minimum atomic E-state index is -4.67. The highest BCUT2D eigenvalue weighted by Crippen LogP contribution is 2.37. The maximum Gasteiger partial charge on any atom is 0.416 e. The van der Waals surface area contributed by atoms with Crippen LogP contribution < -0.4 is 9.64 Å². The number of nitro groups is 2. The first kappa shape index (κ1) is 22.7. The van der Waals surface area contributed by atoms with Gasteiger partial charge in [0.15, 0.2) is 6.79 Å². The van der Waals surface area contributed by atoms with E-state index in [4.69, 9.17) is 9.47 Å². The highest BCUT2D eigenvalue weighted by atomic mass is 19.4. The summed E-state index contributed by atoms with van der Waals surface area (Å²) in [6.07, 6.45) is -4.67. The molecule has 0 aromatic heterocycles. The van der Waals surface area contributed by atoms with Crippen LogP contribution in [-0.2, 0) is 24.1 Å². The van der Waals surface area contributed by atoms with Crippen LogP contribution in [0, 0.1) is 20.2 Å². The molecule has 33 heavy (non-hydrogen) atoms. The van der Waals surface area contributed by atoms with Gasteiger partial charge in [-0.15, -0.1) is 0 Å². The zero-order chi connectivity index (χ0) is 23.8. The molecule has 0 spiro atoms. The SMILES string of the molecule is O=[N+]([O-])c1cc2c(c(CN3CCN(c4ccc(C(F)(F)F)cc4[N+](=O)[O-])CC3)c1)OCOC2. The first-order valence-corrected chi connectivity index (χ1v) is 9.97. The Balaban J connectivity index is 1.50. The number of hydrogen-bond donors (Lipinski definition) is 0. The standard InChI is InChI=1S/C20H19F3N4O6/c21-20(22,23)15-1-2-17(18(9-15)27(30)31)25-5-3-24(4-6-25)10-13-7-16(26(28)29)8-14-11-32-12-33-19(13)14/h1-2,7-9H,3-6,10-12H2. The highest BCUT2D eigenvalue weighted by Gasteiger charge is 2.34. The van der Waals surface area contributed by atoms with Crippen molar-refractivity contribution in [1.29, 1.82) is 0 Å². The van der Waals surface area contributed by atoms with Crippen molar-refractivity contribution < 1.29 is 32.5 Å². The van der Waals surface area contributed by atoms with Gasteiger partial charge in [-0.05, 0) is 12.1 Å². The van der Waals surface area contributed by atoms with Crippen LogP contribution in [0.1, 0.15) is 16.7 Å². The van der Waals surface area contributed by atoms with Crippen molar-refractivity contribution in [2.24, 2.45) is 0 Å². The molecule has 0 amide bonds. The smallest absolute Gasteiger partial charge is 0.416 e. The minimum Gasteiger partial charge on any atom is -0.467 e. The van der Waals surface area contributed by atoms with Crippen molar-refractivity contribution in [3.63, 3.8) is 0 Å². The zero-order valence-electron chi connectivity index (χ0n) is 17.2. The number of piperazine rings is 1. The number of rotatable bonds is 5. The molecular formula is C20H19F3N4O6. The second-order valence-electron chi connectivity index (χ2n) is 7.68. The molecule has 2 aromatic rings. The number of ether oxygens (including phenoxy) is 2. The van der Waals surface area contributed by atoms with Gasteiger partial charge >= 0.3 is 6.18 Å². The molecule has 13 heteroatoms. The molecule has 2 aliphatic heterocycles. The van der Waals surface area contributed by atoms with E-state index in [2.05, 4.69) is 0 Å². The average molecular weight is 468 g/mol. The first-order chi connectivity index (χ1) is 15.6. The van der Waals surface area contributed by atoms with Crippen LogP contribution in [0.2, 0.25) is 0 Å². The third-order valence-electron chi connectivity index (χ3n) is 5.59. The third-order valence-corrected chi connectivity index (χ3v) is 5.59. The lowest BCUT2D eigenvalue weighted by atomic mass is 10.1. The summed E-state index contributed by atoms with van der Waals surface area (Å²) in [7, 11) is 0. The van der Waals surface area contributed by atoms with Gasteiger partial charge in [0.05, 0.1) is 22.0 Å². The van der Waals surface area contributed by atoms with E-state index in [1.807, 2.05) is 4.90 Å². The van der Waals surface area contributed by atoms with E-state index < -0.39 is 27.3 Å². The van der Waals surface area contributed by atoms with Crippen molar-refractivity contribution in [3.8, 4) is 5.75 Å². The summed E-state index contributed by atoms with van der Waals surface area (Å²) in [6.45, 7) is 2.18. The van der Waals surface area contributed by atoms with Crippen molar-refractivity contribution in [2.45, 2.75) is 19.3 Å². The molecule has 176 valence electrons. The van der Waals surface area contributed by atoms with Crippen LogP contribution in [0.4, 0.5) is 30.2 Å². The Morgan fingerprint density at radius 1 is 1.00 bits per heavy atom. The second-order valence-corrected chi connectivity index (χ2v) is 7.68. The fourth-order valence-corrected chi connectivity index (χ4v) is 4.00. The largest absolute Gasteiger partial charge is 0.467 e. The molecule has 2 heterocycles. The number of nitro benzene ring substituents is 2. The fraction of sp³-hybridized carbons (Fsp3) is 0.400. The van der Waals surface area contributed by atoms with Crippen LogP contribution >= 0.6 is 0 Å². The van der Waals surface area contributed by atoms with E-state index in [0.717, 1.165) is 12.1 Å². The van der Waals surface area contributed by atoms with Gasteiger partial charge in [0.1, 0.15) is 11.4 Å². The van der Waals surface area contributed by atoms with Crippen LogP contribution in [0.5, 0.6) is 5.75 Å². The maximum atomic E-state index is 13.0. The second kappa shape index (κ2) is 8.83. The van der Waals surface area contributed by atoms with Gasteiger partial charge in [0.2, 0.25) is 0 Å². The van der Waals surface area contributed by atoms with E-state index >= 15 is 0 Å². The Kier molecular flexibility index (Phi) is 6.08. The number of non-ortho nitro benzene ring substituents is 1. The maximum absolute atomic E-state index is 13.0. The van der Waals surface area contributed by atoms with Gasteiger partial charge in [0.25, 0.3) is 11.4 Å². The summed E-state index contributed by atoms with van der Waals surface area (Å²) in [6, 6.07) is 5.39. The van der Waals surface area contributed by atoms with Gasteiger partial charge in [-0.25, -0.2) is 0 Å². The number of hydrogen-bond acceptors (Lipinski definition) is 8. The molecule has 0 radical (unpaired) electrons. The number of benzene rings is 2. The molecule has 0 bridgehead atoms. The van der Waals surface area contributed by atoms with Crippen molar-refractivity contribution >= 4 is 17.1 Å². The van der Waals surface area contributed by atoms with E-state index in [0.29, 0.717) is 55.7 Å². The molecule has 2 aliphatic rings. The Labute approximate surface area is 185 Å². The number of halogens is 3. The highest BCUT2D eigenvalue weighted by molar-refractivity contribution is 5.65. The first-order valence-electron chi connectivity index (χ1n) is 9.97. The van der Waals surface area contributed by atoms with E-state index in [9.17, 15) is 33.4 Å². The van der Waals surface area contributed by atoms with Crippen LogP contribution in [0.25, 0.3) is 0 Å². The summed E-state index contributed by atoms with van der Waals surface area (Å²) in [5, 5.41) is 22.7. The Morgan fingerprint density at radius 3 is 2.36 bits per heavy atom. The molecule has 0 aliphatic carbocycles. The van der Waals surface area contributed by atoms with Gasteiger partial charge in [-0.3, -0.25) is 25.1 Å². The summed E-state index contributed by atoms with van der Waals surface area (Å²) in [5.41, 5.74) is -0.394. The van der Waals surface area contributed by atoms with E-state index in [1.165, 1.54) is 12.1 Å². The Bertz CT molecular complexity index is 1090. The van der Waals surface area contributed by atoms with Crippen LogP contribution in [-0.4, -0.2) is 47.7 Å². The predicted molar refractivity (Wildman–Crippen MR) is 109 cm³/mol. The average Bonchev–Trinajstić information content (AvgIpc) is 2.78. The van der Waals surface area contributed by atoms with Crippen LogP contribution in [0.15, 0.2) is 30.3 Å². The summed E-state index contributed by atoms with van der Waals surface area (Å²) in [4.78, 5) is 25.1. The third kappa shape index (κ3) is 4.83. The number of alkyl halides is 3. The predicted octanol–water partition coefficient (Wildman–Crippen LogP) is 3.71. The van der Waals surface area contributed by atoms with Crippen molar-refractivity contribution in [1.82, 2.24) is 4.90 Å². The van der Waals surface area contributed by atoms with Crippen molar-refractivity contribution in [2.75, 3.05) is 37.9 Å². The van der Waals surface area contributed by atoms with Gasteiger partial charge in [-0.1, -0.05) is 0 Å². The molecule has 2 aromatic carbocycles.